The summed E-state index contributed by atoms with van der Waals surface area (Å²) >= 11 is 0. The Kier molecular flexibility index (Phi) is 4.13. The van der Waals surface area contributed by atoms with Gasteiger partial charge in [-0.05, 0) is 26.8 Å². The second-order valence-electron chi connectivity index (χ2n) is 3.96. The molecule has 0 spiro atoms. The Bertz CT molecular complexity index is 152. The Morgan fingerprint density at radius 1 is 1.54 bits per heavy atom. The van der Waals surface area contributed by atoms with Crippen LogP contribution in [0.4, 0.5) is 4.39 Å². The summed E-state index contributed by atoms with van der Waals surface area (Å²) < 4.78 is 18.5. The predicted octanol–water partition coefficient (Wildman–Crippen LogP) is 1.84. The van der Waals surface area contributed by atoms with Crippen LogP contribution in [0.15, 0.2) is 0 Å². The molecule has 0 aromatic carbocycles. The number of likely N-dealkylation sites (N-methyl/N-ethyl adjacent to an activating group) is 1. The first-order valence-electron chi connectivity index (χ1n) is 5.13. The number of rotatable bonds is 4. The van der Waals surface area contributed by atoms with E-state index in [9.17, 15) is 4.39 Å². The van der Waals surface area contributed by atoms with Gasteiger partial charge in [0.15, 0.2) is 0 Å². The minimum absolute atomic E-state index is 0.248. The van der Waals surface area contributed by atoms with Crippen LogP contribution in [0.1, 0.15) is 27.2 Å². The highest BCUT2D eigenvalue weighted by molar-refractivity contribution is 4.84. The molecule has 0 radical (unpaired) electrons. The number of nitrogens with zero attached hydrogens (tertiary/aromatic N) is 1. The third-order valence-corrected chi connectivity index (χ3v) is 2.50. The lowest BCUT2D eigenvalue weighted by atomic mass is 10.2. The van der Waals surface area contributed by atoms with E-state index in [-0.39, 0.29) is 6.10 Å². The van der Waals surface area contributed by atoms with E-state index in [2.05, 4.69) is 11.8 Å². The summed E-state index contributed by atoms with van der Waals surface area (Å²) in [4.78, 5) is 2.16. The zero-order valence-electron chi connectivity index (χ0n) is 8.79. The minimum atomic E-state index is -0.652. The predicted molar refractivity (Wildman–Crippen MR) is 51.6 cm³/mol. The molecule has 0 N–H and O–H groups in total. The van der Waals surface area contributed by atoms with Crippen molar-refractivity contribution in [2.75, 3.05) is 19.7 Å². The molecule has 3 heteroatoms. The van der Waals surface area contributed by atoms with Crippen LogP contribution in [0.5, 0.6) is 0 Å². The zero-order valence-corrected chi connectivity index (χ0v) is 8.79. The molecule has 78 valence electrons. The van der Waals surface area contributed by atoms with Crippen molar-refractivity contribution in [2.24, 2.45) is 0 Å². The fourth-order valence-electron chi connectivity index (χ4n) is 1.79. The van der Waals surface area contributed by atoms with Gasteiger partial charge in [-0.3, -0.25) is 4.90 Å². The van der Waals surface area contributed by atoms with Crippen molar-refractivity contribution in [3.63, 3.8) is 0 Å². The van der Waals surface area contributed by atoms with Gasteiger partial charge in [-0.1, -0.05) is 6.92 Å². The van der Waals surface area contributed by atoms with Crippen LogP contribution in [0.3, 0.4) is 0 Å². The van der Waals surface area contributed by atoms with Gasteiger partial charge in [0.1, 0.15) is 6.17 Å². The van der Waals surface area contributed by atoms with Gasteiger partial charge < -0.3 is 4.74 Å². The van der Waals surface area contributed by atoms with Crippen molar-refractivity contribution in [3.8, 4) is 0 Å². The van der Waals surface area contributed by atoms with E-state index in [1.807, 2.05) is 13.8 Å². The molecule has 0 saturated carbocycles. The van der Waals surface area contributed by atoms with E-state index >= 15 is 0 Å². The first-order valence-corrected chi connectivity index (χ1v) is 5.13. The molecule has 1 fully saturated rings. The van der Waals surface area contributed by atoms with Crippen molar-refractivity contribution < 1.29 is 9.13 Å². The summed E-state index contributed by atoms with van der Waals surface area (Å²) in [5.41, 5.74) is 0. The number of alkyl halides is 1. The fourth-order valence-corrected chi connectivity index (χ4v) is 1.79. The van der Waals surface area contributed by atoms with Crippen LogP contribution in [0.2, 0.25) is 0 Å². The summed E-state index contributed by atoms with van der Waals surface area (Å²) in [6, 6.07) is 0.294. The topological polar surface area (TPSA) is 12.5 Å². The van der Waals surface area contributed by atoms with Crippen LogP contribution in [0.25, 0.3) is 0 Å². The largest absolute Gasteiger partial charge is 0.377 e. The summed E-state index contributed by atoms with van der Waals surface area (Å²) in [5, 5.41) is 0. The number of ether oxygens (including phenoxy) is 1. The van der Waals surface area contributed by atoms with Crippen LogP contribution < -0.4 is 0 Å². The summed E-state index contributed by atoms with van der Waals surface area (Å²) in [5.74, 6) is 0. The second-order valence-corrected chi connectivity index (χ2v) is 3.96. The van der Waals surface area contributed by atoms with Crippen LogP contribution in [0, 0.1) is 0 Å². The van der Waals surface area contributed by atoms with Gasteiger partial charge in [0, 0.05) is 12.6 Å². The van der Waals surface area contributed by atoms with Crippen LogP contribution in [-0.4, -0.2) is 42.9 Å². The van der Waals surface area contributed by atoms with Crippen molar-refractivity contribution in [1.29, 1.82) is 0 Å². The van der Waals surface area contributed by atoms with Crippen molar-refractivity contribution in [1.82, 2.24) is 4.90 Å². The lowest BCUT2D eigenvalue weighted by Crippen LogP contribution is -2.33. The molecule has 1 aliphatic rings. The highest BCUT2D eigenvalue weighted by Gasteiger charge is 2.30. The molecule has 1 saturated heterocycles. The van der Waals surface area contributed by atoms with E-state index in [1.54, 1.807) is 0 Å². The Hall–Kier alpha value is -0.150. The van der Waals surface area contributed by atoms with Crippen LogP contribution >= 0.6 is 0 Å². The van der Waals surface area contributed by atoms with Crippen molar-refractivity contribution >= 4 is 0 Å². The summed E-state index contributed by atoms with van der Waals surface area (Å²) in [6.45, 7) is 8.28. The smallest absolute Gasteiger partial charge is 0.114 e. The van der Waals surface area contributed by atoms with E-state index in [4.69, 9.17) is 4.74 Å². The first kappa shape index (κ1) is 10.9. The maximum Gasteiger partial charge on any atom is 0.114 e. The summed E-state index contributed by atoms with van der Waals surface area (Å²) in [7, 11) is 0. The molecule has 13 heavy (non-hydrogen) atoms. The van der Waals surface area contributed by atoms with Gasteiger partial charge in [0.2, 0.25) is 0 Å². The molecule has 1 aliphatic heterocycles. The minimum Gasteiger partial charge on any atom is -0.377 e. The SMILES string of the molecule is CCN1CC(F)C[C@H]1COC(C)C. The summed E-state index contributed by atoms with van der Waals surface area (Å²) in [6.07, 6.45) is 0.235. The van der Waals surface area contributed by atoms with Crippen molar-refractivity contribution in [2.45, 2.75) is 45.5 Å². The normalized spacial score (nSPS) is 30.2. The molecule has 0 aromatic heterocycles. The van der Waals surface area contributed by atoms with Crippen LogP contribution in [-0.2, 0) is 4.74 Å². The maximum absolute atomic E-state index is 13.0. The Labute approximate surface area is 80.1 Å². The Morgan fingerprint density at radius 3 is 2.77 bits per heavy atom. The molecule has 1 unspecified atom stereocenters. The molecule has 0 aromatic rings. The average molecular weight is 189 g/mol. The molecule has 0 bridgehead atoms. The maximum atomic E-state index is 13.0. The molecule has 2 nitrogen and oxygen atoms in total. The first-order chi connectivity index (χ1) is 6.13. The molecule has 1 heterocycles. The van der Waals surface area contributed by atoms with E-state index < -0.39 is 6.17 Å². The molecule has 0 amide bonds. The van der Waals surface area contributed by atoms with E-state index in [1.165, 1.54) is 0 Å². The van der Waals surface area contributed by atoms with Crippen molar-refractivity contribution in [3.05, 3.63) is 0 Å². The average Bonchev–Trinajstić information content (AvgIpc) is 2.42. The quantitative estimate of drug-likeness (QED) is 0.669. The van der Waals surface area contributed by atoms with Gasteiger partial charge in [-0.25, -0.2) is 4.39 Å². The molecule has 2 atom stereocenters. The fraction of sp³-hybridized carbons (Fsp3) is 1.00. The number of hydrogen-bond donors (Lipinski definition) is 0. The lowest BCUT2D eigenvalue weighted by Gasteiger charge is -2.22. The number of likely N-dealkylation sites (tertiary alicyclic amines) is 1. The van der Waals surface area contributed by atoms with Gasteiger partial charge in [0.25, 0.3) is 0 Å². The van der Waals surface area contributed by atoms with E-state index in [0.717, 1.165) is 6.54 Å². The third-order valence-electron chi connectivity index (χ3n) is 2.50. The Balaban J connectivity index is 2.31. The molecular formula is C10H20FNO. The second kappa shape index (κ2) is 4.91. The zero-order chi connectivity index (χ0) is 9.84. The molecule has 0 aliphatic carbocycles. The molecular weight excluding hydrogens is 169 g/mol. The van der Waals surface area contributed by atoms with E-state index in [0.29, 0.717) is 25.6 Å². The highest BCUT2D eigenvalue weighted by Crippen LogP contribution is 2.20. The number of halogens is 1. The molecule has 1 rings (SSSR count). The van der Waals surface area contributed by atoms with Gasteiger partial charge in [-0.2, -0.15) is 0 Å². The lowest BCUT2D eigenvalue weighted by molar-refractivity contribution is 0.0386. The number of hydrogen-bond acceptors (Lipinski definition) is 2. The monoisotopic (exact) mass is 189 g/mol. The third kappa shape index (κ3) is 3.24. The van der Waals surface area contributed by atoms with Gasteiger partial charge in [-0.15, -0.1) is 0 Å². The van der Waals surface area contributed by atoms with Gasteiger partial charge >= 0.3 is 0 Å². The van der Waals surface area contributed by atoms with Gasteiger partial charge in [0.05, 0.1) is 12.7 Å². The Morgan fingerprint density at radius 2 is 2.23 bits per heavy atom. The standard InChI is InChI=1S/C10H20FNO/c1-4-12-6-9(11)5-10(12)7-13-8(2)3/h8-10H,4-7H2,1-3H3/t9?,10-/m0/s1. The highest BCUT2D eigenvalue weighted by atomic mass is 19.1.